The highest BCUT2D eigenvalue weighted by Gasteiger charge is 2.16. The Balaban J connectivity index is 3.24. The van der Waals surface area contributed by atoms with Crippen LogP contribution in [0.1, 0.15) is 29.3 Å². The van der Waals surface area contributed by atoms with Gasteiger partial charge in [-0.2, -0.15) is 0 Å². The first-order valence-electron chi connectivity index (χ1n) is 5.28. The number of methoxy groups -OCH3 is 1. The zero-order valence-corrected chi connectivity index (χ0v) is 11.5. The summed E-state index contributed by atoms with van der Waals surface area (Å²) < 4.78 is 5.38. The van der Waals surface area contributed by atoms with Crippen LogP contribution in [0.4, 0.5) is 5.69 Å². The Morgan fingerprint density at radius 2 is 2.29 bits per heavy atom. The van der Waals surface area contributed by atoms with Crippen molar-refractivity contribution in [3.63, 3.8) is 0 Å². The van der Waals surface area contributed by atoms with E-state index in [4.69, 9.17) is 10.5 Å². The van der Waals surface area contributed by atoms with Crippen molar-refractivity contribution in [1.82, 2.24) is 0 Å². The molecule has 0 fully saturated rings. The molecule has 0 saturated carbocycles. The Bertz CT molecular complexity index is 444. The standard InChI is InChI=1S/C12H15BrN2O2/c1-3-6-15-7-8-10(14)5-4-9(13)11(8)12(16)17-2/h4-5,7H,3,6,14H2,1-2H3. The van der Waals surface area contributed by atoms with Crippen molar-refractivity contribution >= 4 is 33.8 Å². The van der Waals surface area contributed by atoms with Gasteiger partial charge < -0.3 is 10.5 Å². The molecule has 0 aliphatic carbocycles. The third-order valence-corrected chi connectivity index (χ3v) is 2.85. The number of hydrogen-bond acceptors (Lipinski definition) is 4. The summed E-state index contributed by atoms with van der Waals surface area (Å²) in [6.45, 7) is 2.73. The molecule has 0 radical (unpaired) electrons. The predicted molar refractivity (Wildman–Crippen MR) is 72.6 cm³/mol. The summed E-state index contributed by atoms with van der Waals surface area (Å²) in [6, 6.07) is 3.45. The van der Waals surface area contributed by atoms with Crippen molar-refractivity contribution in [3.05, 3.63) is 27.7 Å². The quantitative estimate of drug-likeness (QED) is 0.528. The average Bonchev–Trinajstić information content (AvgIpc) is 2.33. The molecule has 2 N–H and O–H groups in total. The summed E-state index contributed by atoms with van der Waals surface area (Å²) in [5, 5.41) is 0. The summed E-state index contributed by atoms with van der Waals surface area (Å²) in [5.41, 5.74) is 7.36. The molecule has 0 spiro atoms. The van der Waals surface area contributed by atoms with Crippen LogP contribution in [0.25, 0.3) is 0 Å². The number of anilines is 1. The van der Waals surface area contributed by atoms with E-state index in [0.717, 1.165) is 6.42 Å². The molecular weight excluding hydrogens is 284 g/mol. The molecule has 0 amide bonds. The Kier molecular flexibility index (Phi) is 5.15. The van der Waals surface area contributed by atoms with E-state index in [2.05, 4.69) is 20.9 Å². The Hall–Kier alpha value is -1.36. The van der Waals surface area contributed by atoms with E-state index < -0.39 is 5.97 Å². The van der Waals surface area contributed by atoms with Gasteiger partial charge >= 0.3 is 5.97 Å². The lowest BCUT2D eigenvalue weighted by Gasteiger charge is -2.09. The number of nitrogen functional groups attached to an aromatic ring is 1. The molecular formula is C12H15BrN2O2. The van der Waals surface area contributed by atoms with Crippen molar-refractivity contribution in [2.75, 3.05) is 19.4 Å². The summed E-state index contributed by atoms with van der Waals surface area (Å²) in [6.07, 6.45) is 2.56. The normalized spacial score (nSPS) is 10.8. The molecule has 92 valence electrons. The van der Waals surface area contributed by atoms with Crippen molar-refractivity contribution < 1.29 is 9.53 Å². The molecule has 1 aromatic rings. The number of carbonyl (C=O) groups excluding carboxylic acids is 1. The summed E-state index contributed by atoms with van der Waals surface area (Å²) in [4.78, 5) is 15.9. The van der Waals surface area contributed by atoms with Crippen molar-refractivity contribution in [3.8, 4) is 0 Å². The van der Waals surface area contributed by atoms with Crippen LogP contribution in [-0.4, -0.2) is 25.8 Å². The molecule has 0 atom stereocenters. The fourth-order valence-corrected chi connectivity index (χ4v) is 1.85. The van der Waals surface area contributed by atoms with E-state index in [0.29, 0.717) is 27.8 Å². The van der Waals surface area contributed by atoms with Crippen LogP contribution >= 0.6 is 15.9 Å². The Labute approximate surface area is 109 Å². The Morgan fingerprint density at radius 1 is 1.59 bits per heavy atom. The zero-order valence-electron chi connectivity index (χ0n) is 9.87. The van der Waals surface area contributed by atoms with E-state index in [1.54, 1.807) is 18.3 Å². The Morgan fingerprint density at radius 3 is 2.88 bits per heavy atom. The topological polar surface area (TPSA) is 64.7 Å². The minimum atomic E-state index is -0.429. The molecule has 0 aliphatic heterocycles. The van der Waals surface area contributed by atoms with Crippen LogP contribution in [0.5, 0.6) is 0 Å². The highest BCUT2D eigenvalue weighted by atomic mass is 79.9. The van der Waals surface area contributed by atoms with Crippen molar-refractivity contribution in [2.24, 2.45) is 4.99 Å². The molecule has 1 aromatic carbocycles. The molecule has 17 heavy (non-hydrogen) atoms. The number of nitrogens with two attached hydrogens (primary N) is 1. The molecule has 0 heterocycles. The number of carbonyl (C=O) groups is 1. The second-order valence-corrected chi connectivity index (χ2v) is 4.31. The average molecular weight is 299 g/mol. The first-order valence-corrected chi connectivity index (χ1v) is 6.07. The van der Waals surface area contributed by atoms with Gasteiger partial charge in [-0.05, 0) is 34.5 Å². The largest absolute Gasteiger partial charge is 0.465 e. The van der Waals surface area contributed by atoms with Gasteiger partial charge in [-0.3, -0.25) is 4.99 Å². The lowest BCUT2D eigenvalue weighted by Crippen LogP contribution is -2.09. The smallest absolute Gasteiger partial charge is 0.339 e. The maximum atomic E-state index is 11.7. The van der Waals surface area contributed by atoms with Gasteiger partial charge in [0, 0.05) is 28.5 Å². The number of esters is 1. The lowest BCUT2D eigenvalue weighted by atomic mass is 10.1. The minimum absolute atomic E-state index is 0.410. The van der Waals surface area contributed by atoms with Gasteiger partial charge in [0.2, 0.25) is 0 Å². The fraction of sp³-hybridized carbons (Fsp3) is 0.333. The highest BCUT2D eigenvalue weighted by molar-refractivity contribution is 9.10. The molecule has 1 rings (SSSR count). The zero-order chi connectivity index (χ0) is 12.8. The number of rotatable bonds is 4. The summed E-state index contributed by atoms with van der Waals surface area (Å²) in [5.74, 6) is -0.429. The molecule has 0 aromatic heterocycles. The van der Waals surface area contributed by atoms with Crippen LogP contribution in [0.2, 0.25) is 0 Å². The third-order valence-electron chi connectivity index (χ3n) is 2.19. The number of ether oxygens (including phenoxy) is 1. The second-order valence-electron chi connectivity index (χ2n) is 3.45. The second kappa shape index (κ2) is 6.39. The molecule has 0 unspecified atom stereocenters. The predicted octanol–water partition coefficient (Wildman–Crippen LogP) is 2.65. The first kappa shape index (κ1) is 13.7. The lowest BCUT2D eigenvalue weighted by molar-refractivity contribution is 0.0599. The number of hydrogen-bond donors (Lipinski definition) is 1. The van der Waals surface area contributed by atoms with Crippen LogP contribution in [0.3, 0.4) is 0 Å². The van der Waals surface area contributed by atoms with Gasteiger partial charge in [-0.25, -0.2) is 4.79 Å². The van der Waals surface area contributed by atoms with Gasteiger partial charge in [0.25, 0.3) is 0 Å². The maximum Gasteiger partial charge on any atom is 0.339 e. The molecule has 5 heteroatoms. The van der Waals surface area contributed by atoms with Crippen molar-refractivity contribution in [1.29, 1.82) is 0 Å². The van der Waals surface area contributed by atoms with Gasteiger partial charge in [0.15, 0.2) is 0 Å². The number of aliphatic imine (C=N–C) groups is 1. The van der Waals surface area contributed by atoms with Gasteiger partial charge in [0.1, 0.15) is 0 Å². The van der Waals surface area contributed by atoms with Crippen LogP contribution in [0.15, 0.2) is 21.6 Å². The maximum absolute atomic E-state index is 11.7. The minimum Gasteiger partial charge on any atom is -0.465 e. The number of halogens is 1. The summed E-state index contributed by atoms with van der Waals surface area (Å²) >= 11 is 3.31. The fourth-order valence-electron chi connectivity index (χ4n) is 1.34. The third kappa shape index (κ3) is 3.30. The van der Waals surface area contributed by atoms with Crippen LogP contribution in [-0.2, 0) is 4.74 Å². The SMILES string of the molecule is CCCN=Cc1c(N)ccc(Br)c1C(=O)OC. The molecule has 0 saturated heterocycles. The molecule has 4 nitrogen and oxygen atoms in total. The van der Waals surface area contributed by atoms with Gasteiger partial charge in [-0.1, -0.05) is 6.92 Å². The monoisotopic (exact) mass is 298 g/mol. The number of nitrogens with zero attached hydrogens (tertiary/aromatic N) is 1. The van der Waals surface area contributed by atoms with E-state index in [-0.39, 0.29) is 0 Å². The van der Waals surface area contributed by atoms with E-state index in [9.17, 15) is 4.79 Å². The van der Waals surface area contributed by atoms with Crippen LogP contribution in [0, 0.1) is 0 Å². The molecule has 0 bridgehead atoms. The van der Waals surface area contributed by atoms with E-state index >= 15 is 0 Å². The van der Waals surface area contributed by atoms with Gasteiger partial charge in [0.05, 0.1) is 12.7 Å². The van der Waals surface area contributed by atoms with Crippen LogP contribution < -0.4 is 5.73 Å². The van der Waals surface area contributed by atoms with Gasteiger partial charge in [-0.15, -0.1) is 0 Å². The summed E-state index contributed by atoms with van der Waals surface area (Å²) in [7, 11) is 1.34. The first-order chi connectivity index (χ1) is 8.11. The highest BCUT2D eigenvalue weighted by Crippen LogP contribution is 2.25. The van der Waals surface area contributed by atoms with E-state index in [1.165, 1.54) is 7.11 Å². The number of benzene rings is 1. The van der Waals surface area contributed by atoms with E-state index in [1.807, 2.05) is 6.92 Å². The molecule has 0 aliphatic rings. The van der Waals surface area contributed by atoms with Crippen molar-refractivity contribution in [2.45, 2.75) is 13.3 Å².